The van der Waals surface area contributed by atoms with Crippen LogP contribution in [0.5, 0.6) is 11.5 Å². The second-order valence-electron chi connectivity index (χ2n) is 7.01. The number of phenolic OH excluding ortho intramolecular Hbond substituents is 1. The summed E-state index contributed by atoms with van der Waals surface area (Å²) in [6, 6.07) is 13.2. The summed E-state index contributed by atoms with van der Waals surface area (Å²) in [5, 5.41) is 29.1. The summed E-state index contributed by atoms with van der Waals surface area (Å²) < 4.78 is 5.41. The van der Waals surface area contributed by atoms with Gasteiger partial charge in [0.1, 0.15) is 0 Å². The number of benzene rings is 2. The van der Waals surface area contributed by atoms with Gasteiger partial charge in [-0.1, -0.05) is 30.3 Å². The molecular formula is C21H22N4O4. The first-order valence-corrected chi connectivity index (χ1v) is 9.53. The summed E-state index contributed by atoms with van der Waals surface area (Å²) in [4.78, 5) is 13.1. The van der Waals surface area contributed by atoms with E-state index in [0.29, 0.717) is 17.8 Å². The third-order valence-corrected chi connectivity index (χ3v) is 5.09. The van der Waals surface area contributed by atoms with E-state index in [2.05, 4.69) is 27.2 Å². The maximum Gasteiger partial charge on any atom is 0.315 e. The number of H-pyrrole nitrogens is 1. The zero-order chi connectivity index (χ0) is 20.4. The zero-order valence-corrected chi connectivity index (χ0v) is 16.1. The number of rotatable bonds is 6. The lowest BCUT2D eigenvalue weighted by Crippen LogP contribution is -2.29. The topological polar surface area (TPSA) is 105 Å². The Morgan fingerprint density at radius 3 is 2.83 bits per heavy atom. The van der Waals surface area contributed by atoms with Gasteiger partial charge in [0.05, 0.1) is 17.2 Å². The van der Waals surface area contributed by atoms with Crippen LogP contribution in [0.4, 0.5) is 5.69 Å². The third-order valence-electron chi connectivity index (χ3n) is 5.09. The molecule has 1 aliphatic heterocycles. The predicted molar refractivity (Wildman–Crippen MR) is 108 cm³/mol. The molecule has 0 aliphatic carbocycles. The summed E-state index contributed by atoms with van der Waals surface area (Å²) in [6.07, 6.45) is 0.827. The van der Waals surface area contributed by atoms with Crippen molar-refractivity contribution in [3.05, 3.63) is 69.4 Å². The highest BCUT2D eigenvalue weighted by Gasteiger charge is 2.26. The number of aromatic nitrogens is 2. The Balaban J connectivity index is 1.68. The largest absolute Gasteiger partial charge is 0.500 e. The molecule has 8 heteroatoms. The fraction of sp³-hybridized carbons (Fsp3) is 0.286. The van der Waals surface area contributed by atoms with Gasteiger partial charge in [0.15, 0.2) is 5.75 Å². The van der Waals surface area contributed by atoms with Crippen LogP contribution < -0.4 is 4.74 Å². The van der Waals surface area contributed by atoms with Crippen molar-refractivity contribution in [2.45, 2.75) is 26.4 Å². The van der Waals surface area contributed by atoms with Gasteiger partial charge in [0.25, 0.3) is 0 Å². The number of nitrogens with zero attached hydrogens (tertiary/aromatic N) is 3. The van der Waals surface area contributed by atoms with E-state index in [9.17, 15) is 15.2 Å². The number of aromatic hydroxyl groups is 1. The van der Waals surface area contributed by atoms with Gasteiger partial charge in [-0.2, -0.15) is 5.10 Å². The van der Waals surface area contributed by atoms with Crippen LogP contribution in [0.25, 0.3) is 11.3 Å². The monoisotopic (exact) mass is 394 g/mol. The van der Waals surface area contributed by atoms with Crippen LogP contribution in [-0.2, 0) is 19.5 Å². The number of hydrogen-bond acceptors (Lipinski definition) is 6. The van der Waals surface area contributed by atoms with E-state index in [1.54, 1.807) is 13.0 Å². The molecule has 2 N–H and O–H groups in total. The zero-order valence-electron chi connectivity index (χ0n) is 16.1. The molecule has 4 rings (SSSR count). The second kappa shape index (κ2) is 7.92. The van der Waals surface area contributed by atoms with Crippen molar-refractivity contribution in [3.63, 3.8) is 0 Å². The summed E-state index contributed by atoms with van der Waals surface area (Å²) in [5.41, 5.74) is 4.12. The number of fused-ring (bicyclic) bond motifs is 1. The van der Waals surface area contributed by atoms with E-state index in [1.165, 1.54) is 11.6 Å². The molecule has 8 nitrogen and oxygen atoms in total. The van der Waals surface area contributed by atoms with Crippen LogP contribution in [0.3, 0.4) is 0 Å². The lowest BCUT2D eigenvalue weighted by atomic mass is 9.99. The number of nitrogens with one attached hydrogen (secondary N) is 1. The molecule has 0 spiro atoms. The van der Waals surface area contributed by atoms with Crippen molar-refractivity contribution in [2.24, 2.45) is 0 Å². The van der Waals surface area contributed by atoms with Gasteiger partial charge in [-0.15, -0.1) is 0 Å². The van der Waals surface area contributed by atoms with Gasteiger partial charge in [0, 0.05) is 48.9 Å². The fourth-order valence-electron chi connectivity index (χ4n) is 3.70. The molecule has 1 aromatic heterocycles. The smallest absolute Gasteiger partial charge is 0.315 e. The standard InChI is InChI=1S/C21H22N4O4/c1-2-29-19-11-15(10-18(21(19)26)25(27)28)20-16-13-24(9-8-17(16)22-23-20)12-14-6-4-3-5-7-14/h3-7,10-11,26H,2,8-9,12-13H2,1H3,(H,22,23). The van der Waals surface area contributed by atoms with Crippen molar-refractivity contribution in [2.75, 3.05) is 13.2 Å². The van der Waals surface area contributed by atoms with Crippen LogP contribution in [-0.4, -0.2) is 38.3 Å². The van der Waals surface area contributed by atoms with Gasteiger partial charge in [-0.05, 0) is 18.6 Å². The fourth-order valence-corrected chi connectivity index (χ4v) is 3.70. The molecule has 0 saturated carbocycles. The molecule has 0 saturated heterocycles. The van der Waals surface area contributed by atoms with Crippen LogP contribution in [0, 0.1) is 10.1 Å². The maximum atomic E-state index is 11.4. The maximum absolute atomic E-state index is 11.4. The summed E-state index contributed by atoms with van der Waals surface area (Å²) in [5.74, 6) is -0.374. The lowest BCUT2D eigenvalue weighted by molar-refractivity contribution is -0.385. The molecule has 29 heavy (non-hydrogen) atoms. The van der Waals surface area contributed by atoms with E-state index in [-0.39, 0.29) is 18.0 Å². The van der Waals surface area contributed by atoms with Crippen molar-refractivity contribution in [1.82, 2.24) is 15.1 Å². The minimum Gasteiger partial charge on any atom is -0.500 e. The highest BCUT2D eigenvalue weighted by molar-refractivity contribution is 5.73. The molecule has 150 valence electrons. The van der Waals surface area contributed by atoms with Gasteiger partial charge >= 0.3 is 5.69 Å². The van der Waals surface area contributed by atoms with E-state index >= 15 is 0 Å². The van der Waals surface area contributed by atoms with Crippen molar-refractivity contribution in [1.29, 1.82) is 0 Å². The summed E-state index contributed by atoms with van der Waals surface area (Å²) in [6.45, 7) is 4.47. The number of nitro benzene ring substituents is 1. The summed E-state index contributed by atoms with van der Waals surface area (Å²) in [7, 11) is 0. The van der Waals surface area contributed by atoms with Crippen molar-refractivity contribution >= 4 is 5.69 Å². The molecule has 2 heterocycles. The molecule has 0 fully saturated rings. The van der Waals surface area contributed by atoms with Crippen LogP contribution >= 0.6 is 0 Å². The van der Waals surface area contributed by atoms with Crippen molar-refractivity contribution in [3.8, 4) is 22.8 Å². The average molecular weight is 394 g/mol. The van der Waals surface area contributed by atoms with Gasteiger partial charge in [-0.25, -0.2) is 0 Å². The molecule has 0 amide bonds. The van der Waals surface area contributed by atoms with Crippen molar-refractivity contribution < 1.29 is 14.8 Å². The first-order valence-electron chi connectivity index (χ1n) is 9.53. The van der Waals surface area contributed by atoms with Crippen LogP contribution in [0.2, 0.25) is 0 Å². The number of nitro groups is 1. The number of phenols is 1. The molecule has 3 aromatic rings. The Labute approximate surface area is 167 Å². The number of hydrogen-bond donors (Lipinski definition) is 2. The highest BCUT2D eigenvalue weighted by atomic mass is 16.6. The Morgan fingerprint density at radius 1 is 1.31 bits per heavy atom. The molecular weight excluding hydrogens is 372 g/mol. The first-order chi connectivity index (χ1) is 14.1. The van der Waals surface area contributed by atoms with E-state index < -0.39 is 10.7 Å². The van der Waals surface area contributed by atoms with Gasteiger partial charge in [0.2, 0.25) is 5.75 Å². The molecule has 0 radical (unpaired) electrons. The Hall–Kier alpha value is -3.39. The Kier molecular flexibility index (Phi) is 5.18. The minimum absolute atomic E-state index is 0.0883. The molecule has 0 bridgehead atoms. The molecule has 0 unspecified atom stereocenters. The highest BCUT2D eigenvalue weighted by Crippen LogP contribution is 2.41. The number of aromatic amines is 1. The van der Waals surface area contributed by atoms with E-state index in [0.717, 1.165) is 30.8 Å². The third kappa shape index (κ3) is 3.79. The van der Waals surface area contributed by atoms with E-state index in [1.807, 2.05) is 18.2 Å². The number of ether oxygens (including phenoxy) is 1. The predicted octanol–water partition coefficient (Wildman–Crippen LogP) is 3.65. The summed E-state index contributed by atoms with van der Waals surface area (Å²) >= 11 is 0. The Morgan fingerprint density at radius 2 is 2.10 bits per heavy atom. The van der Waals surface area contributed by atoms with Gasteiger partial charge in [-0.3, -0.25) is 20.1 Å². The normalized spacial score (nSPS) is 13.8. The average Bonchev–Trinajstić information content (AvgIpc) is 3.13. The lowest BCUT2D eigenvalue weighted by Gasteiger charge is -2.27. The van der Waals surface area contributed by atoms with Crippen LogP contribution in [0.1, 0.15) is 23.7 Å². The van der Waals surface area contributed by atoms with Crippen LogP contribution in [0.15, 0.2) is 42.5 Å². The molecule has 0 atom stereocenters. The van der Waals surface area contributed by atoms with Gasteiger partial charge < -0.3 is 9.84 Å². The molecule has 2 aromatic carbocycles. The first kappa shape index (κ1) is 18.9. The van der Waals surface area contributed by atoms with E-state index in [4.69, 9.17) is 4.74 Å². The molecule has 1 aliphatic rings. The minimum atomic E-state index is -0.609. The quantitative estimate of drug-likeness (QED) is 0.488. The second-order valence-corrected chi connectivity index (χ2v) is 7.01. The Bertz CT molecular complexity index is 1030. The SMILES string of the molecule is CCOc1cc(-c2n[nH]c3c2CN(Cc2ccccc2)CC3)cc([N+](=O)[O-])c1O.